The maximum Gasteiger partial charge on any atom is 0.335 e. The van der Waals surface area contributed by atoms with Gasteiger partial charge in [-0.2, -0.15) is 0 Å². The number of hydrogen-bond donors (Lipinski definition) is 4. The highest BCUT2D eigenvalue weighted by Gasteiger charge is 2.29. The van der Waals surface area contributed by atoms with Crippen LogP contribution in [-0.4, -0.2) is 51.0 Å². The fraction of sp³-hybridized carbons (Fsp3) is 0.600. The quantitative estimate of drug-likeness (QED) is 0.337. The summed E-state index contributed by atoms with van der Waals surface area (Å²) in [5.74, 6) is -1.70. The molecule has 4 N–H and O–H groups in total. The van der Waals surface area contributed by atoms with Crippen LogP contribution in [0, 0.1) is 0 Å². The molecule has 0 radical (unpaired) electrons. The van der Waals surface area contributed by atoms with Crippen molar-refractivity contribution >= 4 is 12.3 Å². The lowest BCUT2D eigenvalue weighted by molar-refractivity contribution is -0.158. The highest BCUT2D eigenvalue weighted by molar-refractivity contribution is 5.74. The van der Waals surface area contributed by atoms with E-state index >= 15 is 0 Å². The fourth-order valence-electron chi connectivity index (χ4n) is 0.413. The Bertz CT molecular complexity index is 155. The third kappa shape index (κ3) is 2.62. The summed E-state index contributed by atoms with van der Waals surface area (Å²) in [5, 5.41) is 33.7. The van der Waals surface area contributed by atoms with Gasteiger partial charge in [0.25, 0.3) is 0 Å². The number of rotatable bonds is 4. The molecule has 0 aromatic heterocycles. The van der Waals surface area contributed by atoms with Gasteiger partial charge in [-0.25, -0.2) is 4.79 Å². The van der Waals surface area contributed by atoms with E-state index in [1.165, 1.54) is 0 Å². The van der Waals surface area contributed by atoms with Gasteiger partial charge < -0.3 is 25.2 Å². The maximum atomic E-state index is 9.92. The van der Waals surface area contributed by atoms with Gasteiger partial charge in [-0.3, -0.25) is 0 Å². The van der Waals surface area contributed by atoms with Gasteiger partial charge in [0.1, 0.15) is 12.2 Å². The molecule has 0 spiro atoms. The summed E-state index contributed by atoms with van der Waals surface area (Å²) in [4.78, 5) is 19.7. The van der Waals surface area contributed by atoms with Gasteiger partial charge in [-0.15, -0.1) is 0 Å². The van der Waals surface area contributed by atoms with Crippen molar-refractivity contribution in [3.05, 3.63) is 0 Å². The summed E-state index contributed by atoms with van der Waals surface area (Å²) in [6.07, 6.45) is -6.06. The molecule has 3 unspecified atom stereocenters. The maximum absolute atomic E-state index is 9.92. The summed E-state index contributed by atoms with van der Waals surface area (Å²) in [5.41, 5.74) is 0. The van der Waals surface area contributed by atoms with Gasteiger partial charge in [0.05, 0.1) is 0 Å². The predicted molar refractivity (Wildman–Crippen MR) is 31.7 cm³/mol. The molecule has 0 heterocycles. The highest BCUT2D eigenvalue weighted by Crippen LogP contribution is 1.97. The number of aliphatic carboxylic acids is 1. The van der Waals surface area contributed by atoms with E-state index in [0.717, 1.165) is 0 Å². The number of aldehydes is 1. The number of aliphatic hydroxyl groups excluding tert-OH is 3. The van der Waals surface area contributed by atoms with Crippen LogP contribution in [-0.2, 0) is 9.59 Å². The molecule has 6 nitrogen and oxygen atoms in total. The fourth-order valence-corrected chi connectivity index (χ4v) is 0.413. The zero-order valence-electron chi connectivity index (χ0n) is 5.41. The average Bonchev–Trinajstić information content (AvgIpc) is 2.00. The van der Waals surface area contributed by atoms with Crippen molar-refractivity contribution in [1.82, 2.24) is 0 Å². The number of carboxylic acid groups (broad SMARTS) is 1. The third-order valence-electron chi connectivity index (χ3n) is 1.07. The zero-order chi connectivity index (χ0) is 9.02. The van der Waals surface area contributed by atoms with Crippen molar-refractivity contribution < 1.29 is 30.0 Å². The van der Waals surface area contributed by atoms with Crippen molar-refractivity contribution in [3.8, 4) is 0 Å². The molecule has 0 bridgehead atoms. The molecular formula is C5H8O6. The Morgan fingerprint density at radius 2 is 1.73 bits per heavy atom. The molecule has 0 aromatic carbocycles. The molecule has 0 aliphatic carbocycles. The van der Waals surface area contributed by atoms with E-state index in [2.05, 4.69) is 0 Å². The molecule has 6 heteroatoms. The number of carbonyl (C=O) groups excluding carboxylic acids is 1. The Morgan fingerprint density at radius 3 is 2.00 bits per heavy atom. The van der Waals surface area contributed by atoms with Gasteiger partial charge in [0.15, 0.2) is 12.4 Å². The molecular weight excluding hydrogens is 156 g/mol. The molecule has 0 saturated heterocycles. The molecule has 0 aliphatic heterocycles. The minimum atomic E-state index is -2.14. The summed E-state index contributed by atoms with van der Waals surface area (Å²) < 4.78 is 0. The normalized spacial score (nSPS) is 18.5. The number of carboxylic acids is 1. The van der Waals surface area contributed by atoms with E-state index in [4.69, 9.17) is 20.4 Å². The molecule has 0 rings (SSSR count). The number of hydrogen-bond acceptors (Lipinski definition) is 5. The van der Waals surface area contributed by atoms with Gasteiger partial charge in [-0.05, 0) is 0 Å². The van der Waals surface area contributed by atoms with Crippen LogP contribution in [0.2, 0.25) is 0 Å². The lowest BCUT2D eigenvalue weighted by Crippen LogP contribution is -2.42. The van der Waals surface area contributed by atoms with E-state index < -0.39 is 24.3 Å². The van der Waals surface area contributed by atoms with Crippen LogP contribution >= 0.6 is 0 Å². The minimum absolute atomic E-state index is 0.0587. The predicted octanol–water partition coefficient (Wildman–Crippen LogP) is -2.65. The molecule has 0 amide bonds. The third-order valence-corrected chi connectivity index (χ3v) is 1.07. The summed E-state index contributed by atoms with van der Waals surface area (Å²) in [6.45, 7) is 0. The second-order valence-electron chi connectivity index (χ2n) is 1.90. The van der Waals surface area contributed by atoms with Crippen molar-refractivity contribution in [2.45, 2.75) is 18.3 Å². The molecule has 11 heavy (non-hydrogen) atoms. The lowest BCUT2D eigenvalue weighted by Gasteiger charge is -2.14. The van der Waals surface area contributed by atoms with Crippen molar-refractivity contribution in [2.75, 3.05) is 0 Å². The molecule has 3 atom stereocenters. The molecule has 64 valence electrons. The Labute approximate surface area is 61.7 Å². The smallest absolute Gasteiger partial charge is 0.335 e. The Hall–Kier alpha value is -0.980. The minimum Gasteiger partial charge on any atom is -0.479 e. The number of aliphatic hydroxyl groups is 3. The first-order chi connectivity index (χ1) is 5.00. The van der Waals surface area contributed by atoms with Gasteiger partial charge in [0, 0.05) is 0 Å². The molecule has 0 aromatic rings. The van der Waals surface area contributed by atoms with Gasteiger partial charge >= 0.3 is 5.97 Å². The Balaban J connectivity index is 4.11. The van der Waals surface area contributed by atoms with Crippen molar-refractivity contribution in [2.24, 2.45) is 0 Å². The van der Waals surface area contributed by atoms with Crippen LogP contribution < -0.4 is 0 Å². The molecule has 0 fully saturated rings. The standard InChI is InChI=1S/C5H8O6/c6-1-2(7)3(8)4(9)5(10)11/h1-4,7-9H,(H,10,11). The Morgan fingerprint density at radius 1 is 1.27 bits per heavy atom. The second kappa shape index (κ2) is 4.02. The van der Waals surface area contributed by atoms with Crippen LogP contribution in [0.5, 0.6) is 0 Å². The summed E-state index contributed by atoms with van der Waals surface area (Å²) in [7, 11) is 0. The second-order valence-corrected chi connectivity index (χ2v) is 1.90. The van der Waals surface area contributed by atoms with Crippen LogP contribution in [0.15, 0.2) is 0 Å². The first-order valence-corrected chi connectivity index (χ1v) is 2.73. The van der Waals surface area contributed by atoms with E-state index in [9.17, 15) is 9.59 Å². The first-order valence-electron chi connectivity index (χ1n) is 2.73. The largest absolute Gasteiger partial charge is 0.479 e. The summed E-state index contributed by atoms with van der Waals surface area (Å²) >= 11 is 0. The first kappa shape index (κ1) is 10.0. The van der Waals surface area contributed by atoms with Crippen molar-refractivity contribution in [1.29, 1.82) is 0 Å². The zero-order valence-corrected chi connectivity index (χ0v) is 5.41. The average molecular weight is 164 g/mol. The Kier molecular flexibility index (Phi) is 3.66. The highest BCUT2D eigenvalue weighted by atomic mass is 16.4. The van der Waals surface area contributed by atoms with Crippen LogP contribution in [0.3, 0.4) is 0 Å². The van der Waals surface area contributed by atoms with E-state index in [-0.39, 0.29) is 6.29 Å². The summed E-state index contributed by atoms with van der Waals surface area (Å²) in [6, 6.07) is 0. The van der Waals surface area contributed by atoms with Gasteiger partial charge in [0.2, 0.25) is 0 Å². The van der Waals surface area contributed by atoms with Gasteiger partial charge in [-0.1, -0.05) is 0 Å². The van der Waals surface area contributed by atoms with Crippen LogP contribution in [0.25, 0.3) is 0 Å². The molecule has 0 aliphatic rings. The van der Waals surface area contributed by atoms with E-state index in [1.54, 1.807) is 0 Å². The van der Waals surface area contributed by atoms with E-state index in [1.807, 2.05) is 0 Å². The molecule has 0 saturated carbocycles. The van der Waals surface area contributed by atoms with E-state index in [0.29, 0.717) is 0 Å². The van der Waals surface area contributed by atoms with Crippen molar-refractivity contribution in [3.63, 3.8) is 0 Å². The monoisotopic (exact) mass is 164 g/mol. The number of carbonyl (C=O) groups is 2. The SMILES string of the molecule is O=CC(O)C(O)C(O)C(=O)O. The topological polar surface area (TPSA) is 115 Å². The van der Waals surface area contributed by atoms with Crippen LogP contribution in [0.4, 0.5) is 0 Å². The lowest BCUT2D eigenvalue weighted by atomic mass is 10.1. The van der Waals surface area contributed by atoms with Crippen LogP contribution in [0.1, 0.15) is 0 Å².